The highest BCUT2D eigenvalue weighted by molar-refractivity contribution is 7.89. The van der Waals surface area contributed by atoms with Crippen molar-refractivity contribution in [2.24, 2.45) is 0 Å². The minimum atomic E-state index is -3.79. The third-order valence-corrected chi connectivity index (χ3v) is 8.02. The van der Waals surface area contributed by atoms with Crippen molar-refractivity contribution in [3.8, 4) is 11.3 Å². The smallest absolute Gasteiger partial charge is 0.244 e. The van der Waals surface area contributed by atoms with Crippen LogP contribution in [0.4, 0.5) is 5.82 Å². The number of benzene rings is 2. The highest BCUT2D eigenvalue weighted by atomic mass is 35.5. The molecule has 3 aromatic rings. The minimum Gasteiger partial charge on any atom is -0.382 e. The summed E-state index contributed by atoms with van der Waals surface area (Å²) in [5.74, 6) is -0.357. The number of carbonyl (C=O) groups is 1. The molecule has 33 heavy (non-hydrogen) atoms. The van der Waals surface area contributed by atoms with E-state index in [0.717, 1.165) is 5.56 Å². The molecular weight excluding hydrogens is 462 g/mol. The lowest BCUT2D eigenvalue weighted by atomic mass is 10.1. The Bertz CT molecular complexity index is 1300. The number of likely N-dealkylation sites (N-methyl/N-ethyl adjacent to an activating group) is 1. The van der Waals surface area contributed by atoms with Gasteiger partial charge in [0.25, 0.3) is 0 Å². The maximum atomic E-state index is 13.3. The Hall–Kier alpha value is -2.85. The van der Waals surface area contributed by atoms with Gasteiger partial charge < -0.3 is 10.6 Å². The Labute approximate surface area is 198 Å². The van der Waals surface area contributed by atoms with Gasteiger partial charge in [0, 0.05) is 37.3 Å². The lowest BCUT2D eigenvalue weighted by Gasteiger charge is -2.31. The normalized spacial score (nSPS) is 15.5. The molecule has 2 heterocycles. The molecule has 0 bridgehead atoms. The van der Waals surface area contributed by atoms with Crippen LogP contribution in [0.5, 0.6) is 0 Å². The predicted molar refractivity (Wildman–Crippen MR) is 128 cm³/mol. The van der Waals surface area contributed by atoms with Crippen LogP contribution in [0.15, 0.2) is 53.6 Å². The topological polar surface area (TPSA) is 109 Å². The van der Waals surface area contributed by atoms with E-state index in [9.17, 15) is 13.2 Å². The fourth-order valence-corrected chi connectivity index (χ4v) is 5.50. The monoisotopic (exact) mass is 485 g/mol. The molecule has 0 aliphatic carbocycles. The number of aryl methyl sites for hydroxylation is 1. The van der Waals surface area contributed by atoms with Crippen LogP contribution in [0.2, 0.25) is 5.02 Å². The number of hydrogen-bond donors (Lipinski definition) is 1. The third-order valence-electron chi connectivity index (χ3n) is 5.64. The Morgan fingerprint density at radius 1 is 1.06 bits per heavy atom. The molecular formula is C23H24ClN5O3S. The average molecular weight is 486 g/mol. The fourth-order valence-electron chi connectivity index (χ4n) is 3.57. The van der Waals surface area contributed by atoms with Gasteiger partial charge in [-0.25, -0.2) is 18.4 Å². The zero-order valence-electron chi connectivity index (χ0n) is 18.3. The first-order valence-electron chi connectivity index (χ1n) is 10.4. The molecule has 0 saturated carbocycles. The van der Waals surface area contributed by atoms with E-state index in [-0.39, 0.29) is 27.2 Å². The second kappa shape index (κ2) is 9.18. The van der Waals surface area contributed by atoms with Crippen molar-refractivity contribution in [2.75, 3.05) is 39.0 Å². The highest BCUT2D eigenvalue weighted by Gasteiger charge is 2.30. The van der Waals surface area contributed by atoms with E-state index in [1.165, 1.54) is 22.6 Å². The summed E-state index contributed by atoms with van der Waals surface area (Å²) >= 11 is 6.29. The van der Waals surface area contributed by atoms with Crippen molar-refractivity contribution in [3.63, 3.8) is 0 Å². The molecule has 8 nitrogen and oxygen atoms in total. The van der Waals surface area contributed by atoms with E-state index in [1.54, 1.807) is 18.2 Å². The molecule has 172 valence electrons. The van der Waals surface area contributed by atoms with Crippen LogP contribution in [-0.2, 0) is 10.0 Å². The molecule has 0 amide bonds. The second-order valence-electron chi connectivity index (χ2n) is 8.04. The van der Waals surface area contributed by atoms with Gasteiger partial charge in [0.2, 0.25) is 15.8 Å². The summed E-state index contributed by atoms with van der Waals surface area (Å²) < 4.78 is 27.9. The number of rotatable bonds is 5. The maximum absolute atomic E-state index is 13.3. The maximum Gasteiger partial charge on any atom is 0.244 e. The summed E-state index contributed by atoms with van der Waals surface area (Å²) in [6.45, 7) is 3.98. The van der Waals surface area contributed by atoms with Gasteiger partial charge in [0.1, 0.15) is 4.90 Å². The molecule has 1 aliphatic rings. The van der Waals surface area contributed by atoms with Crippen LogP contribution in [-0.4, -0.2) is 66.6 Å². The number of piperazine rings is 1. The van der Waals surface area contributed by atoms with E-state index >= 15 is 0 Å². The van der Waals surface area contributed by atoms with E-state index in [0.29, 0.717) is 43.0 Å². The summed E-state index contributed by atoms with van der Waals surface area (Å²) in [7, 11) is -1.84. The Morgan fingerprint density at radius 2 is 1.73 bits per heavy atom. The molecule has 1 aromatic heterocycles. The van der Waals surface area contributed by atoms with Crippen LogP contribution in [0.1, 0.15) is 21.6 Å². The van der Waals surface area contributed by atoms with Gasteiger partial charge >= 0.3 is 0 Å². The van der Waals surface area contributed by atoms with Crippen molar-refractivity contribution in [1.82, 2.24) is 19.2 Å². The molecule has 10 heteroatoms. The van der Waals surface area contributed by atoms with Crippen LogP contribution in [0.3, 0.4) is 0 Å². The average Bonchev–Trinajstić information content (AvgIpc) is 2.80. The first-order valence-corrected chi connectivity index (χ1v) is 12.2. The number of halogens is 1. The Balaban J connectivity index is 1.71. The van der Waals surface area contributed by atoms with Gasteiger partial charge in [-0.15, -0.1) is 0 Å². The molecule has 1 aliphatic heterocycles. The number of nitrogens with zero attached hydrogens (tertiary/aromatic N) is 4. The van der Waals surface area contributed by atoms with E-state index in [2.05, 4.69) is 14.9 Å². The van der Waals surface area contributed by atoms with E-state index in [4.69, 9.17) is 17.3 Å². The molecule has 0 atom stereocenters. The lowest BCUT2D eigenvalue weighted by molar-refractivity contribution is 0.103. The molecule has 2 aromatic carbocycles. The standard InChI is InChI=1S/C23H24ClN5O3S/c1-15-3-5-16(6-4-15)22(30)21-23(25)26-14-19(27-21)17-7-8-18(24)20(13-17)33(31,32)29-11-9-28(2)10-12-29/h3-8,13-14H,9-12H2,1-2H3,(H2,25,26). The highest BCUT2D eigenvalue weighted by Crippen LogP contribution is 2.30. The van der Waals surface area contributed by atoms with E-state index in [1.807, 2.05) is 26.1 Å². The van der Waals surface area contributed by atoms with Crippen LogP contribution >= 0.6 is 11.6 Å². The first-order chi connectivity index (χ1) is 15.7. The van der Waals surface area contributed by atoms with Crippen molar-refractivity contribution in [2.45, 2.75) is 11.8 Å². The summed E-state index contributed by atoms with van der Waals surface area (Å²) in [6.07, 6.45) is 1.41. The SMILES string of the molecule is Cc1ccc(C(=O)c2nc(-c3ccc(Cl)c(S(=O)(=O)N4CCN(C)CC4)c3)cnc2N)cc1. The predicted octanol–water partition coefficient (Wildman–Crippen LogP) is 2.85. The minimum absolute atomic E-state index is 0.00331. The largest absolute Gasteiger partial charge is 0.382 e. The number of carbonyl (C=O) groups excluding carboxylic acids is 1. The summed E-state index contributed by atoms with van der Waals surface area (Å²) in [5, 5.41) is 0.122. The number of sulfonamides is 1. The van der Waals surface area contributed by atoms with Crippen molar-refractivity contribution >= 4 is 33.2 Å². The van der Waals surface area contributed by atoms with Crippen LogP contribution in [0.25, 0.3) is 11.3 Å². The molecule has 1 saturated heterocycles. The third kappa shape index (κ3) is 4.77. The van der Waals surface area contributed by atoms with E-state index < -0.39 is 10.0 Å². The zero-order valence-corrected chi connectivity index (χ0v) is 19.9. The summed E-state index contributed by atoms with van der Waals surface area (Å²) in [5.41, 5.74) is 8.21. The van der Waals surface area contributed by atoms with Gasteiger partial charge in [-0.3, -0.25) is 4.79 Å². The molecule has 0 spiro atoms. The molecule has 4 rings (SSSR count). The Morgan fingerprint density at radius 3 is 2.39 bits per heavy atom. The first kappa shape index (κ1) is 23.3. The zero-order chi connectivity index (χ0) is 23.8. The van der Waals surface area contributed by atoms with Crippen LogP contribution < -0.4 is 5.73 Å². The fraction of sp³-hybridized carbons (Fsp3) is 0.261. The van der Waals surface area contributed by atoms with Gasteiger partial charge in [0.05, 0.1) is 16.9 Å². The molecule has 0 unspecified atom stereocenters. The molecule has 1 fully saturated rings. The summed E-state index contributed by atoms with van der Waals surface area (Å²) in [4.78, 5) is 23.6. The van der Waals surface area contributed by atoms with Gasteiger partial charge in [-0.2, -0.15) is 4.31 Å². The number of anilines is 1. The van der Waals surface area contributed by atoms with Crippen LogP contribution in [0, 0.1) is 6.92 Å². The van der Waals surface area contributed by atoms with Crippen molar-refractivity contribution < 1.29 is 13.2 Å². The van der Waals surface area contributed by atoms with Gasteiger partial charge in [-0.05, 0) is 26.1 Å². The second-order valence-corrected chi connectivity index (χ2v) is 10.4. The quantitative estimate of drug-likeness (QED) is 0.553. The number of nitrogens with two attached hydrogens (primary N) is 1. The van der Waals surface area contributed by atoms with Gasteiger partial charge in [-0.1, -0.05) is 47.5 Å². The lowest BCUT2D eigenvalue weighted by Crippen LogP contribution is -2.47. The van der Waals surface area contributed by atoms with Crippen molar-refractivity contribution in [1.29, 1.82) is 0 Å². The number of aromatic nitrogens is 2. The molecule has 2 N–H and O–H groups in total. The number of hydrogen-bond acceptors (Lipinski definition) is 7. The van der Waals surface area contributed by atoms with Gasteiger partial charge in [0.15, 0.2) is 11.5 Å². The Kier molecular flexibility index (Phi) is 6.49. The molecule has 0 radical (unpaired) electrons. The summed E-state index contributed by atoms with van der Waals surface area (Å²) in [6, 6.07) is 11.7. The number of nitrogen functional groups attached to an aromatic ring is 1. The number of ketones is 1. The van der Waals surface area contributed by atoms with Crippen molar-refractivity contribution in [3.05, 3.63) is 70.5 Å².